The van der Waals surface area contributed by atoms with Crippen molar-refractivity contribution in [3.63, 3.8) is 0 Å². The van der Waals surface area contributed by atoms with Crippen LogP contribution < -0.4 is 11.1 Å². The maximum absolute atomic E-state index is 12.0. The van der Waals surface area contributed by atoms with Gasteiger partial charge in [0, 0.05) is 23.3 Å². The van der Waals surface area contributed by atoms with Crippen LogP contribution in [0, 0.1) is 6.92 Å². The Labute approximate surface area is 110 Å². The molecule has 0 radical (unpaired) electrons. The third kappa shape index (κ3) is 2.78. The van der Waals surface area contributed by atoms with Gasteiger partial charge in [-0.15, -0.1) is 0 Å². The van der Waals surface area contributed by atoms with Crippen molar-refractivity contribution in [2.75, 3.05) is 11.1 Å². The second kappa shape index (κ2) is 5.06. The molecular formula is C13H12ClN3O. The molecule has 1 heterocycles. The lowest BCUT2D eigenvalue weighted by molar-refractivity contribution is 0.102. The van der Waals surface area contributed by atoms with E-state index in [0.717, 1.165) is 5.69 Å². The first-order valence-corrected chi connectivity index (χ1v) is 5.73. The van der Waals surface area contributed by atoms with Gasteiger partial charge in [0.1, 0.15) is 0 Å². The van der Waals surface area contributed by atoms with E-state index in [0.29, 0.717) is 22.0 Å². The number of nitrogen functional groups attached to an aromatic ring is 1. The third-order valence-electron chi connectivity index (χ3n) is 2.39. The first-order valence-electron chi connectivity index (χ1n) is 5.35. The Morgan fingerprint density at radius 3 is 2.78 bits per heavy atom. The van der Waals surface area contributed by atoms with Gasteiger partial charge in [0.2, 0.25) is 0 Å². The second-order valence-electron chi connectivity index (χ2n) is 3.88. The van der Waals surface area contributed by atoms with Crippen molar-refractivity contribution in [1.29, 1.82) is 0 Å². The van der Waals surface area contributed by atoms with Crippen LogP contribution >= 0.6 is 11.6 Å². The number of benzene rings is 1. The zero-order chi connectivity index (χ0) is 13.1. The smallest absolute Gasteiger partial charge is 0.257 e. The first-order chi connectivity index (χ1) is 8.56. The molecule has 3 N–H and O–H groups in total. The van der Waals surface area contributed by atoms with E-state index in [-0.39, 0.29) is 5.91 Å². The number of pyridine rings is 1. The summed E-state index contributed by atoms with van der Waals surface area (Å²) in [5, 5.41) is 3.09. The third-order valence-corrected chi connectivity index (χ3v) is 2.70. The predicted octanol–water partition coefficient (Wildman–Crippen LogP) is 2.88. The van der Waals surface area contributed by atoms with Crippen molar-refractivity contribution in [2.45, 2.75) is 6.92 Å². The summed E-state index contributed by atoms with van der Waals surface area (Å²) in [6.45, 7) is 1.85. The number of nitrogens with two attached hydrogens (primary N) is 1. The highest BCUT2D eigenvalue weighted by Gasteiger charge is 2.10. The van der Waals surface area contributed by atoms with Gasteiger partial charge in [-0.2, -0.15) is 0 Å². The summed E-state index contributed by atoms with van der Waals surface area (Å²) in [6, 6.07) is 8.28. The molecule has 5 heteroatoms. The Hall–Kier alpha value is -2.07. The molecule has 0 saturated heterocycles. The van der Waals surface area contributed by atoms with Crippen molar-refractivity contribution < 1.29 is 4.79 Å². The van der Waals surface area contributed by atoms with Gasteiger partial charge < -0.3 is 11.1 Å². The van der Waals surface area contributed by atoms with E-state index in [1.807, 2.05) is 6.92 Å². The van der Waals surface area contributed by atoms with Crippen molar-refractivity contribution in [2.24, 2.45) is 0 Å². The maximum Gasteiger partial charge on any atom is 0.257 e. The standard InChI is InChI=1S/C13H12ClN3O/c1-8-6-10(4-5-16-8)17-13(18)11-3-2-9(15)7-12(11)14/h2-7H,15H2,1H3,(H,16,17,18). The molecule has 0 aliphatic carbocycles. The number of carbonyl (C=O) groups excluding carboxylic acids is 1. The molecule has 1 aromatic carbocycles. The number of amides is 1. The highest BCUT2D eigenvalue weighted by atomic mass is 35.5. The van der Waals surface area contributed by atoms with Gasteiger partial charge in [-0.05, 0) is 37.3 Å². The Morgan fingerprint density at radius 2 is 2.11 bits per heavy atom. The van der Waals surface area contributed by atoms with Crippen molar-refractivity contribution >= 4 is 28.9 Å². The number of hydrogen-bond donors (Lipinski definition) is 2. The molecular weight excluding hydrogens is 250 g/mol. The minimum Gasteiger partial charge on any atom is -0.399 e. The highest BCUT2D eigenvalue weighted by Crippen LogP contribution is 2.20. The number of hydrogen-bond acceptors (Lipinski definition) is 3. The summed E-state index contributed by atoms with van der Waals surface area (Å²) in [7, 11) is 0. The summed E-state index contributed by atoms with van der Waals surface area (Å²) in [4.78, 5) is 16.1. The minimum absolute atomic E-state index is 0.273. The summed E-state index contributed by atoms with van der Waals surface area (Å²) in [5.74, 6) is -0.273. The molecule has 0 aliphatic heterocycles. The number of carbonyl (C=O) groups is 1. The molecule has 92 valence electrons. The average molecular weight is 262 g/mol. The van der Waals surface area contributed by atoms with E-state index in [9.17, 15) is 4.79 Å². The fourth-order valence-corrected chi connectivity index (χ4v) is 1.81. The van der Waals surface area contributed by atoms with Crippen LogP contribution in [-0.2, 0) is 0 Å². The molecule has 0 unspecified atom stereocenters. The normalized spacial score (nSPS) is 10.1. The molecule has 0 fully saturated rings. The molecule has 2 rings (SSSR count). The zero-order valence-corrected chi connectivity index (χ0v) is 10.5. The Morgan fingerprint density at radius 1 is 1.33 bits per heavy atom. The van der Waals surface area contributed by atoms with Crippen molar-refractivity contribution in [1.82, 2.24) is 4.98 Å². The molecule has 0 atom stereocenters. The Kier molecular flexibility index (Phi) is 3.48. The van der Waals surface area contributed by atoms with Crippen LogP contribution in [0.4, 0.5) is 11.4 Å². The molecule has 1 amide bonds. The van der Waals surface area contributed by atoms with Crippen LogP contribution in [0.25, 0.3) is 0 Å². The quantitative estimate of drug-likeness (QED) is 0.817. The summed E-state index contributed by atoms with van der Waals surface area (Å²) >= 11 is 5.97. The van der Waals surface area contributed by atoms with Crippen molar-refractivity contribution in [3.05, 3.63) is 52.8 Å². The predicted molar refractivity (Wildman–Crippen MR) is 72.8 cm³/mol. The molecule has 0 bridgehead atoms. The molecule has 0 saturated carbocycles. The summed E-state index contributed by atoms with van der Waals surface area (Å²) in [5.41, 5.74) is 8.00. The van der Waals surface area contributed by atoms with Crippen LogP contribution in [0.1, 0.15) is 16.1 Å². The van der Waals surface area contributed by atoms with Crippen LogP contribution in [0.2, 0.25) is 5.02 Å². The Bertz CT molecular complexity index is 599. The zero-order valence-electron chi connectivity index (χ0n) is 9.77. The van der Waals surface area contributed by atoms with Gasteiger partial charge in [-0.3, -0.25) is 9.78 Å². The second-order valence-corrected chi connectivity index (χ2v) is 4.29. The fourth-order valence-electron chi connectivity index (χ4n) is 1.54. The van der Waals surface area contributed by atoms with Crippen molar-refractivity contribution in [3.8, 4) is 0 Å². The number of anilines is 2. The molecule has 0 aliphatic rings. The van der Waals surface area contributed by atoms with E-state index >= 15 is 0 Å². The van der Waals surface area contributed by atoms with Crippen LogP contribution in [0.3, 0.4) is 0 Å². The number of aromatic nitrogens is 1. The van der Waals surface area contributed by atoms with E-state index in [4.69, 9.17) is 17.3 Å². The van der Waals surface area contributed by atoms with E-state index in [1.165, 1.54) is 0 Å². The summed E-state index contributed by atoms with van der Waals surface area (Å²) in [6.07, 6.45) is 1.63. The maximum atomic E-state index is 12.0. The van der Waals surface area contributed by atoms with Gasteiger partial charge in [-0.1, -0.05) is 11.6 Å². The Balaban J connectivity index is 2.22. The fraction of sp³-hybridized carbons (Fsp3) is 0.0769. The van der Waals surface area contributed by atoms with Crippen LogP contribution in [-0.4, -0.2) is 10.9 Å². The average Bonchev–Trinajstić information content (AvgIpc) is 2.28. The number of halogens is 1. The van der Waals surface area contributed by atoms with E-state index in [2.05, 4.69) is 10.3 Å². The van der Waals surface area contributed by atoms with Crippen LogP contribution in [0.15, 0.2) is 36.5 Å². The van der Waals surface area contributed by atoms with E-state index < -0.39 is 0 Å². The summed E-state index contributed by atoms with van der Waals surface area (Å²) < 4.78 is 0. The topological polar surface area (TPSA) is 68.0 Å². The van der Waals surface area contributed by atoms with E-state index in [1.54, 1.807) is 36.5 Å². The number of rotatable bonds is 2. The molecule has 0 spiro atoms. The SMILES string of the molecule is Cc1cc(NC(=O)c2ccc(N)cc2Cl)ccn1. The van der Waals surface area contributed by atoms with Gasteiger partial charge >= 0.3 is 0 Å². The molecule has 4 nitrogen and oxygen atoms in total. The van der Waals surface area contributed by atoms with Gasteiger partial charge in [0.15, 0.2) is 0 Å². The van der Waals surface area contributed by atoms with Crippen LogP contribution in [0.5, 0.6) is 0 Å². The van der Waals surface area contributed by atoms with Gasteiger partial charge in [0.05, 0.1) is 10.6 Å². The number of nitrogens with zero attached hydrogens (tertiary/aromatic N) is 1. The lowest BCUT2D eigenvalue weighted by atomic mass is 10.2. The number of nitrogens with one attached hydrogen (secondary N) is 1. The highest BCUT2D eigenvalue weighted by molar-refractivity contribution is 6.34. The minimum atomic E-state index is -0.273. The molecule has 1 aromatic heterocycles. The number of aryl methyl sites for hydroxylation is 1. The molecule has 2 aromatic rings. The monoisotopic (exact) mass is 261 g/mol. The molecule has 18 heavy (non-hydrogen) atoms. The lowest BCUT2D eigenvalue weighted by Gasteiger charge is -2.07. The first kappa shape index (κ1) is 12.4. The lowest BCUT2D eigenvalue weighted by Crippen LogP contribution is -2.12. The van der Waals surface area contributed by atoms with Gasteiger partial charge in [0.25, 0.3) is 5.91 Å². The largest absolute Gasteiger partial charge is 0.399 e. The van der Waals surface area contributed by atoms with Gasteiger partial charge in [-0.25, -0.2) is 0 Å².